The van der Waals surface area contributed by atoms with E-state index in [-0.39, 0.29) is 18.5 Å². The number of hydrogen-bond acceptors (Lipinski definition) is 3. The predicted molar refractivity (Wildman–Crippen MR) is 63.3 cm³/mol. The van der Waals surface area contributed by atoms with Crippen molar-refractivity contribution in [1.29, 1.82) is 0 Å². The minimum atomic E-state index is -0.0991. The standard InChI is InChI=1S/C14H14O3/c1-9-6-12(9)14(15)16-8-11-7-10-4-2-3-5-13(10)17-11/h2-5,7,9,12H,6,8H2,1H3. The second-order valence-corrected chi connectivity index (χ2v) is 4.68. The number of para-hydroxylation sites is 1. The quantitative estimate of drug-likeness (QED) is 0.760. The van der Waals surface area contributed by atoms with Gasteiger partial charge in [-0.1, -0.05) is 25.1 Å². The molecule has 0 bridgehead atoms. The molecule has 88 valence electrons. The van der Waals surface area contributed by atoms with Crippen molar-refractivity contribution < 1.29 is 13.9 Å². The van der Waals surface area contributed by atoms with Gasteiger partial charge in [0.1, 0.15) is 18.0 Å². The lowest BCUT2D eigenvalue weighted by Gasteiger charge is -2.00. The second-order valence-electron chi connectivity index (χ2n) is 4.68. The van der Waals surface area contributed by atoms with Crippen molar-refractivity contribution in [1.82, 2.24) is 0 Å². The lowest BCUT2D eigenvalue weighted by Crippen LogP contribution is -2.07. The van der Waals surface area contributed by atoms with Gasteiger partial charge in [0, 0.05) is 5.39 Å². The van der Waals surface area contributed by atoms with Gasteiger partial charge in [0.25, 0.3) is 0 Å². The zero-order chi connectivity index (χ0) is 11.8. The lowest BCUT2D eigenvalue weighted by atomic mass is 10.2. The van der Waals surface area contributed by atoms with Crippen LogP contribution in [0.25, 0.3) is 11.0 Å². The number of carbonyl (C=O) groups excluding carboxylic acids is 1. The van der Waals surface area contributed by atoms with Crippen LogP contribution in [0, 0.1) is 11.8 Å². The highest BCUT2D eigenvalue weighted by Crippen LogP contribution is 2.38. The fourth-order valence-corrected chi connectivity index (χ4v) is 2.01. The molecule has 0 aliphatic heterocycles. The average Bonchev–Trinajstić information content (AvgIpc) is 2.92. The summed E-state index contributed by atoms with van der Waals surface area (Å²) in [7, 11) is 0. The first kappa shape index (κ1) is 10.4. The summed E-state index contributed by atoms with van der Waals surface area (Å²) < 4.78 is 10.8. The third-order valence-electron chi connectivity index (χ3n) is 3.25. The van der Waals surface area contributed by atoms with E-state index in [9.17, 15) is 4.79 Å². The van der Waals surface area contributed by atoms with Crippen LogP contribution in [0.4, 0.5) is 0 Å². The first-order valence-corrected chi connectivity index (χ1v) is 5.88. The normalized spacial score (nSPS) is 22.6. The zero-order valence-corrected chi connectivity index (χ0v) is 9.68. The number of esters is 1. The van der Waals surface area contributed by atoms with Gasteiger partial charge in [-0.25, -0.2) is 0 Å². The van der Waals surface area contributed by atoms with Crippen LogP contribution >= 0.6 is 0 Å². The summed E-state index contributed by atoms with van der Waals surface area (Å²) in [6.45, 7) is 2.30. The van der Waals surface area contributed by atoms with Gasteiger partial charge in [0.15, 0.2) is 0 Å². The van der Waals surface area contributed by atoms with Crippen LogP contribution in [0.3, 0.4) is 0 Å². The summed E-state index contributed by atoms with van der Waals surface area (Å²) in [6, 6.07) is 9.68. The fraction of sp³-hybridized carbons (Fsp3) is 0.357. The van der Waals surface area contributed by atoms with Crippen LogP contribution in [0.1, 0.15) is 19.1 Å². The Labute approximate surface area is 99.4 Å². The van der Waals surface area contributed by atoms with Gasteiger partial charge < -0.3 is 9.15 Å². The maximum absolute atomic E-state index is 11.5. The van der Waals surface area contributed by atoms with Crippen LogP contribution < -0.4 is 0 Å². The van der Waals surface area contributed by atoms with Gasteiger partial charge in [0.05, 0.1) is 5.92 Å². The van der Waals surface area contributed by atoms with Gasteiger partial charge in [-0.15, -0.1) is 0 Å². The van der Waals surface area contributed by atoms with Crippen molar-refractivity contribution in [2.45, 2.75) is 20.0 Å². The Balaban J connectivity index is 1.66. The van der Waals surface area contributed by atoms with E-state index >= 15 is 0 Å². The van der Waals surface area contributed by atoms with Crippen LogP contribution in [0.15, 0.2) is 34.7 Å². The fourth-order valence-electron chi connectivity index (χ4n) is 2.01. The molecule has 2 unspecified atom stereocenters. The Bertz CT molecular complexity index is 522. The van der Waals surface area contributed by atoms with E-state index in [0.29, 0.717) is 11.7 Å². The molecule has 1 aromatic heterocycles. The van der Waals surface area contributed by atoms with E-state index in [1.165, 1.54) is 0 Å². The zero-order valence-electron chi connectivity index (χ0n) is 9.68. The third kappa shape index (κ3) is 2.05. The number of benzene rings is 1. The van der Waals surface area contributed by atoms with Gasteiger partial charge >= 0.3 is 5.97 Å². The minimum absolute atomic E-state index is 0.0991. The topological polar surface area (TPSA) is 39.4 Å². The molecule has 1 aliphatic rings. The highest BCUT2D eigenvalue weighted by molar-refractivity contribution is 5.78. The summed E-state index contributed by atoms with van der Waals surface area (Å²) in [6.07, 6.45) is 0.957. The van der Waals surface area contributed by atoms with Gasteiger partial charge in [0.2, 0.25) is 0 Å². The van der Waals surface area contributed by atoms with Crippen molar-refractivity contribution in [2.75, 3.05) is 0 Å². The highest BCUT2D eigenvalue weighted by atomic mass is 16.5. The average molecular weight is 230 g/mol. The van der Waals surface area contributed by atoms with Gasteiger partial charge in [-0.05, 0) is 24.5 Å². The molecule has 1 fully saturated rings. The van der Waals surface area contributed by atoms with Crippen LogP contribution in [-0.4, -0.2) is 5.97 Å². The van der Waals surface area contributed by atoms with Crippen LogP contribution in [0.5, 0.6) is 0 Å². The molecule has 0 spiro atoms. The molecule has 2 atom stereocenters. The molecule has 0 radical (unpaired) electrons. The number of fused-ring (bicyclic) bond motifs is 1. The summed E-state index contributed by atoms with van der Waals surface area (Å²) in [5, 5.41) is 1.04. The highest BCUT2D eigenvalue weighted by Gasteiger charge is 2.40. The number of rotatable bonds is 3. The molecule has 3 heteroatoms. The van der Waals surface area contributed by atoms with E-state index in [1.807, 2.05) is 30.3 Å². The van der Waals surface area contributed by atoms with Crippen molar-refractivity contribution in [3.63, 3.8) is 0 Å². The molecule has 1 saturated carbocycles. The maximum Gasteiger partial charge on any atom is 0.309 e. The largest absolute Gasteiger partial charge is 0.457 e. The lowest BCUT2D eigenvalue weighted by molar-refractivity contribution is -0.147. The van der Waals surface area contributed by atoms with Crippen LogP contribution in [0.2, 0.25) is 0 Å². The smallest absolute Gasteiger partial charge is 0.309 e. The minimum Gasteiger partial charge on any atom is -0.457 e. The van der Waals surface area contributed by atoms with Gasteiger partial charge in [-0.3, -0.25) is 4.79 Å². The Morgan fingerprint density at radius 2 is 2.24 bits per heavy atom. The second kappa shape index (κ2) is 3.91. The van der Waals surface area contributed by atoms with E-state index in [2.05, 4.69) is 6.92 Å². The van der Waals surface area contributed by atoms with Gasteiger partial charge in [-0.2, -0.15) is 0 Å². The molecule has 1 aliphatic carbocycles. The molecule has 1 heterocycles. The number of ether oxygens (including phenoxy) is 1. The summed E-state index contributed by atoms with van der Waals surface area (Å²) in [5.41, 5.74) is 0.832. The summed E-state index contributed by atoms with van der Waals surface area (Å²) in [4.78, 5) is 11.5. The predicted octanol–water partition coefficient (Wildman–Crippen LogP) is 3.13. The summed E-state index contributed by atoms with van der Waals surface area (Å²) in [5.74, 6) is 1.20. The monoisotopic (exact) mass is 230 g/mol. The number of carbonyl (C=O) groups is 1. The van der Waals surface area contributed by atoms with Crippen molar-refractivity contribution in [3.05, 3.63) is 36.1 Å². The molecule has 1 aromatic carbocycles. The number of hydrogen-bond donors (Lipinski definition) is 0. The van der Waals surface area contributed by atoms with Crippen molar-refractivity contribution in [2.24, 2.45) is 11.8 Å². The molecule has 0 N–H and O–H groups in total. The molecule has 17 heavy (non-hydrogen) atoms. The van der Waals surface area contributed by atoms with E-state index < -0.39 is 0 Å². The SMILES string of the molecule is CC1CC1C(=O)OCc1cc2ccccc2o1. The Morgan fingerprint density at radius 3 is 2.94 bits per heavy atom. The Morgan fingerprint density at radius 1 is 1.47 bits per heavy atom. The molecular weight excluding hydrogens is 216 g/mol. The first-order valence-electron chi connectivity index (χ1n) is 5.88. The maximum atomic E-state index is 11.5. The van der Waals surface area contributed by atoms with E-state index in [0.717, 1.165) is 17.4 Å². The Hall–Kier alpha value is -1.77. The molecule has 3 rings (SSSR count). The first-order chi connectivity index (χ1) is 8.24. The van der Waals surface area contributed by atoms with E-state index in [4.69, 9.17) is 9.15 Å². The molecule has 0 amide bonds. The Kier molecular flexibility index (Phi) is 2.39. The third-order valence-corrected chi connectivity index (χ3v) is 3.25. The molecule has 2 aromatic rings. The molecule has 0 saturated heterocycles. The van der Waals surface area contributed by atoms with Crippen molar-refractivity contribution >= 4 is 16.9 Å². The van der Waals surface area contributed by atoms with E-state index in [1.54, 1.807) is 0 Å². The molecular formula is C14H14O3. The molecule has 3 nitrogen and oxygen atoms in total. The van der Waals surface area contributed by atoms with Crippen molar-refractivity contribution in [3.8, 4) is 0 Å². The number of furan rings is 1. The summed E-state index contributed by atoms with van der Waals surface area (Å²) >= 11 is 0. The van der Waals surface area contributed by atoms with Crippen LogP contribution in [-0.2, 0) is 16.1 Å².